The number of ketones is 1. The molecule has 1 amide bonds. The van der Waals surface area contributed by atoms with Crippen LogP contribution in [0, 0.1) is 0 Å². The second-order valence-electron chi connectivity index (χ2n) is 4.88. The summed E-state index contributed by atoms with van der Waals surface area (Å²) in [5.74, 6) is 0.667. The summed E-state index contributed by atoms with van der Waals surface area (Å²) in [6, 6.07) is 7.23. The minimum absolute atomic E-state index is 0.00486. The van der Waals surface area contributed by atoms with Crippen LogP contribution in [0.15, 0.2) is 24.3 Å². The largest absolute Gasteiger partial charge is 0.491 e. The van der Waals surface area contributed by atoms with E-state index in [0.717, 1.165) is 19.5 Å². The molecule has 1 aromatic carbocycles. The topological polar surface area (TPSA) is 58.6 Å². The zero-order valence-electron chi connectivity index (χ0n) is 11.7. The van der Waals surface area contributed by atoms with Crippen molar-refractivity contribution in [2.45, 2.75) is 13.3 Å². The van der Waals surface area contributed by atoms with E-state index < -0.39 is 0 Å². The first kappa shape index (κ1) is 14.5. The second-order valence-corrected chi connectivity index (χ2v) is 4.88. The van der Waals surface area contributed by atoms with Gasteiger partial charge >= 0.3 is 0 Å². The van der Waals surface area contributed by atoms with Crippen LogP contribution in [0.5, 0.6) is 5.75 Å². The van der Waals surface area contributed by atoms with E-state index in [1.54, 1.807) is 12.1 Å². The third-order valence-electron chi connectivity index (χ3n) is 3.27. The fraction of sp³-hybridized carbons (Fsp3) is 0.467. The van der Waals surface area contributed by atoms with Crippen LogP contribution in [0.1, 0.15) is 23.7 Å². The van der Waals surface area contributed by atoms with Gasteiger partial charge in [0.1, 0.15) is 12.4 Å². The number of carbonyl (C=O) groups is 2. The Balaban J connectivity index is 1.86. The van der Waals surface area contributed by atoms with Crippen LogP contribution < -0.4 is 10.1 Å². The van der Waals surface area contributed by atoms with E-state index in [9.17, 15) is 9.59 Å². The Bertz CT molecular complexity index is 488. The molecule has 0 atom stereocenters. The van der Waals surface area contributed by atoms with Crippen LogP contribution in [0.4, 0.5) is 0 Å². The van der Waals surface area contributed by atoms with Gasteiger partial charge in [0.05, 0.1) is 12.1 Å². The SMILES string of the molecule is CC(=O)c1ccccc1OCCN1CCCNC(=O)C1. The number of hydrogen-bond donors (Lipinski definition) is 1. The quantitative estimate of drug-likeness (QED) is 0.818. The lowest BCUT2D eigenvalue weighted by Crippen LogP contribution is -2.35. The number of amides is 1. The maximum absolute atomic E-state index is 11.5. The number of hydrogen-bond acceptors (Lipinski definition) is 4. The number of benzene rings is 1. The van der Waals surface area contributed by atoms with Gasteiger partial charge in [0, 0.05) is 19.6 Å². The summed E-state index contributed by atoms with van der Waals surface area (Å²) in [5.41, 5.74) is 0.598. The van der Waals surface area contributed by atoms with Gasteiger partial charge in [0.25, 0.3) is 0 Å². The molecule has 1 aromatic rings. The van der Waals surface area contributed by atoms with E-state index in [4.69, 9.17) is 4.74 Å². The highest BCUT2D eigenvalue weighted by molar-refractivity contribution is 5.96. The van der Waals surface area contributed by atoms with Gasteiger partial charge in [-0.1, -0.05) is 12.1 Å². The third kappa shape index (κ3) is 4.06. The fourth-order valence-corrected chi connectivity index (χ4v) is 2.23. The van der Waals surface area contributed by atoms with Crippen molar-refractivity contribution in [3.63, 3.8) is 0 Å². The Morgan fingerprint density at radius 2 is 2.20 bits per heavy atom. The number of carbonyl (C=O) groups excluding carboxylic acids is 2. The predicted molar refractivity (Wildman–Crippen MR) is 76.0 cm³/mol. The molecular formula is C15H20N2O3. The summed E-state index contributed by atoms with van der Waals surface area (Å²) in [5, 5.41) is 2.84. The van der Waals surface area contributed by atoms with Crippen molar-refractivity contribution in [1.82, 2.24) is 10.2 Å². The van der Waals surface area contributed by atoms with Gasteiger partial charge in [-0.05, 0) is 25.5 Å². The van der Waals surface area contributed by atoms with Crippen molar-refractivity contribution in [1.29, 1.82) is 0 Å². The first-order chi connectivity index (χ1) is 9.66. The van der Waals surface area contributed by atoms with Crippen molar-refractivity contribution in [3.8, 4) is 5.75 Å². The fourth-order valence-electron chi connectivity index (χ4n) is 2.23. The first-order valence-corrected chi connectivity index (χ1v) is 6.88. The van der Waals surface area contributed by atoms with Crippen LogP contribution in [0.2, 0.25) is 0 Å². The van der Waals surface area contributed by atoms with E-state index in [1.807, 2.05) is 12.1 Å². The van der Waals surface area contributed by atoms with Crippen molar-refractivity contribution < 1.29 is 14.3 Å². The minimum atomic E-state index is -0.00486. The number of nitrogens with one attached hydrogen (secondary N) is 1. The summed E-state index contributed by atoms with van der Waals surface area (Å²) in [4.78, 5) is 25.0. The summed E-state index contributed by atoms with van der Waals surface area (Å²) < 4.78 is 5.68. The molecule has 1 fully saturated rings. The number of nitrogens with zero attached hydrogens (tertiary/aromatic N) is 1. The number of ether oxygens (including phenoxy) is 1. The standard InChI is InChI=1S/C15H20N2O3/c1-12(18)13-5-2-3-6-14(13)20-10-9-17-8-4-7-16-15(19)11-17/h2-3,5-6H,4,7-11H2,1H3,(H,16,19). The summed E-state index contributed by atoms with van der Waals surface area (Å²) in [6.07, 6.45) is 0.954. The van der Waals surface area contributed by atoms with E-state index in [2.05, 4.69) is 10.2 Å². The van der Waals surface area contributed by atoms with Gasteiger partial charge in [-0.25, -0.2) is 0 Å². The molecule has 0 saturated carbocycles. The molecule has 108 valence electrons. The maximum Gasteiger partial charge on any atom is 0.234 e. The Hall–Kier alpha value is -1.88. The van der Waals surface area contributed by atoms with Gasteiger partial charge in [-0.3, -0.25) is 14.5 Å². The highest BCUT2D eigenvalue weighted by Gasteiger charge is 2.14. The van der Waals surface area contributed by atoms with Gasteiger partial charge in [0.15, 0.2) is 5.78 Å². The summed E-state index contributed by atoms with van der Waals surface area (Å²) >= 11 is 0. The van der Waals surface area contributed by atoms with Crippen molar-refractivity contribution in [2.75, 3.05) is 32.8 Å². The van der Waals surface area contributed by atoms with Gasteiger partial charge in [0.2, 0.25) is 5.91 Å². The average Bonchev–Trinajstić information content (AvgIpc) is 2.63. The highest BCUT2D eigenvalue weighted by atomic mass is 16.5. The van der Waals surface area contributed by atoms with Gasteiger partial charge in [-0.15, -0.1) is 0 Å². The molecule has 0 spiro atoms. The molecule has 0 aliphatic carbocycles. The zero-order valence-corrected chi connectivity index (χ0v) is 11.7. The van der Waals surface area contributed by atoms with Crippen LogP contribution in [0.25, 0.3) is 0 Å². The molecule has 2 rings (SSSR count). The van der Waals surface area contributed by atoms with Crippen molar-refractivity contribution >= 4 is 11.7 Å². The monoisotopic (exact) mass is 276 g/mol. The number of para-hydroxylation sites is 1. The van der Waals surface area contributed by atoms with E-state index in [0.29, 0.717) is 31.0 Å². The van der Waals surface area contributed by atoms with Gasteiger partial charge in [-0.2, -0.15) is 0 Å². The second kappa shape index (κ2) is 7.05. The number of rotatable bonds is 5. The Morgan fingerprint density at radius 3 is 3.00 bits per heavy atom. The maximum atomic E-state index is 11.5. The molecule has 1 aliphatic rings. The third-order valence-corrected chi connectivity index (χ3v) is 3.27. The van der Waals surface area contributed by atoms with Crippen LogP contribution in [-0.2, 0) is 4.79 Å². The Kier molecular flexibility index (Phi) is 5.12. The van der Waals surface area contributed by atoms with Crippen molar-refractivity contribution in [2.24, 2.45) is 0 Å². The number of Topliss-reactive ketones (excluding diaryl/α,β-unsaturated/α-hetero) is 1. The Labute approximate surface area is 118 Å². The molecule has 0 bridgehead atoms. The Morgan fingerprint density at radius 1 is 1.40 bits per heavy atom. The van der Waals surface area contributed by atoms with E-state index >= 15 is 0 Å². The molecule has 1 saturated heterocycles. The lowest BCUT2D eigenvalue weighted by Gasteiger charge is -2.19. The molecule has 0 unspecified atom stereocenters. The molecule has 1 aliphatic heterocycles. The lowest BCUT2D eigenvalue weighted by molar-refractivity contribution is -0.121. The minimum Gasteiger partial charge on any atom is -0.491 e. The van der Waals surface area contributed by atoms with E-state index in [1.165, 1.54) is 6.92 Å². The lowest BCUT2D eigenvalue weighted by atomic mass is 10.1. The van der Waals surface area contributed by atoms with E-state index in [-0.39, 0.29) is 11.7 Å². The molecule has 5 heteroatoms. The molecule has 1 N–H and O–H groups in total. The highest BCUT2D eigenvalue weighted by Crippen LogP contribution is 2.18. The molecule has 0 radical (unpaired) electrons. The van der Waals surface area contributed by atoms with Crippen LogP contribution in [0.3, 0.4) is 0 Å². The molecular weight excluding hydrogens is 256 g/mol. The molecule has 0 aromatic heterocycles. The average molecular weight is 276 g/mol. The summed E-state index contributed by atoms with van der Waals surface area (Å²) in [6.45, 7) is 4.72. The van der Waals surface area contributed by atoms with Crippen LogP contribution >= 0.6 is 0 Å². The van der Waals surface area contributed by atoms with Crippen molar-refractivity contribution in [3.05, 3.63) is 29.8 Å². The normalized spacial score (nSPS) is 16.4. The zero-order chi connectivity index (χ0) is 14.4. The first-order valence-electron chi connectivity index (χ1n) is 6.88. The summed E-state index contributed by atoms with van der Waals surface area (Å²) in [7, 11) is 0. The molecule has 20 heavy (non-hydrogen) atoms. The van der Waals surface area contributed by atoms with Crippen LogP contribution in [-0.4, -0.2) is 49.4 Å². The molecule has 5 nitrogen and oxygen atoms in total. The smallest absolute Gasteiger partial charge is 0.234 e. The van der Waals surface area contributed by atoms with Gasteiger partial charge < -0.3 is 10.1 Å². The molecule has 1 heterocycles. The predicted octanol–water partition coefficient (Wildman–Crippen LogP) is 1.09.